The number of anilines is 1. The van der Waals surface area contributed by atoms with Crippen molar-refractivity contribution in [3.05, 3.63) is 45.4 Å². The van der Waals surface area contributed by atoms with E-state index >= 15 is 0 Å². The molecule has 1 aromatic heterocycles. The Balaban J connectivity index is 2.30. The number of nitrogens with zero attached hydrogens (tertiary/aromatic N) is 1. The standard InChI is InChI=1S/C14H15BrN2OS/c1-9(18)16-13-17-12(8-19-13)14(2,3)10-4-6-11(15)7-5-10/h4-8H,1-3H3,(H,16,17,18). The van der Waals surface area contributed by atoms with Gasteiger partial charge in [-0.2, -0.15) is 0 Å². The van der Waals surface area contributed by atoms with Gasteiger partial charge < -0.3 is 5.32 Å². The molecular formula is C14H15BrN2OS. The highest BCUT2D eigenvalue weighted by Crippen LogP contribution is 2.33. The molecule has 0 spiro atoms. The molecular weight excluding hydrogens is 324 g/mol. The largest absolute Gasteiger partial charge is 0.302 e. The average molecular weight is 339 g/mol. The predicted molar refractivity (Wildman–Crippen MR) is 82.7 cm³/mol. The summed E-state index contributed by atoms with van der Waals surface area (Å²) in [5.41, 5.74) is 1.97. The number of hydrogen-bond acceptors (Lipinski definition) is 3. The highest BCUT2D eigenvalue weighted by atomic mass is 79.9. The van der Waals surface area contributed by atoms with Gasteiger partial charge in [-0.05, 0) is 17.7 Å². The topological polar surface area (TPSA) is 42.0 Å². The van der Waals surface area contributed by atoms with Crippen LogP contribution in [0.4, 0.5) is 5.13 Å². The molecule has 2 aromatic rings. The third-order valence-electron chi connectivity index (χ3n) is 2.99. The third-order valence-corrected chi connectivity index (χ3v) is 4.28. The summed E-state index contributed by atoms with van der Waals surface area (Å²) in [6, 6.07) is 8.22. The van der Waals surface area contributed by atoms with Crippen LogP contribution in [0.15, 0.2) is 34.1 Å². The van der Waals surface area contributed by atoms with Crippen LogP contribution < -0.4 is 5.32 Å². The molecule has 1 amide bonds. The number of benzene rings is 1. The lowest BCUT2D eigenvalue weighted by atomic mass is 9.82. The van der Waals surface area contributed by atoms with Crippen molar-refractivity contribution in [1.82, 2.24) is 4.98 Å². The van der Waals surface area contributed by atoms with Gasteiger partial charge in [0, 0.05) is 22.2 Å². The molecule has 100 valence electrons. The van der Waals surface area contributed by atoms with Crippen molar-refractivity contribution >= 4 is 38.3 Å². The summed E-state index contributed by atoms with van der Waals surface area (Å²) >= 11 is 4.89. The Bertz CT molecular complexity index is 590. The first-order valence-corrected chi connectivity index (χ1v) is 7.56. The molecule has 5 heteroatoms. The van der Waals surface area contributed by atoms with Crippen molar-refractivity contribution in [2.24, 2.45) is 0 Å². The fourth-order valence-corrected chi connectivity index (χ4v) is 2.97. The zero-order chi connectivity index (χ0) is 14.0. The highest BCUT2D eigenvalue weighted by Gasteiger charge is 2.26. The molecule has 2 rings (SSSR count). The monoisotopic (exact) mass is 338 g/mol. The Kier molecular flexibility index (Phi) is 4.06. The number of aromatic nitrogens is 1. The van der Waals surface area contributed by atoms with Gasteiger partial charge in [0.1, 0.15) is 0 Å². The van der Waals surface area contributed by atoms with Crippen LogP contribution in [0.25, 0.3) is 0 Å². The molecule has 0 aliphatic rings. The molecule has 3 nitrogen and oxygen atoms in total. The molecule has 0 bridgehead atoms. The van der Waals surface area contributed by atoms with Crippen LogP contribution in [0, 0.1) is 0 Å². The van der Waals surface area contributed by atoms with Crippen LogP contribution in [0.2, 0.25) is 0 Å². The van der Waals surface area contributed by atoms with Crippen molar-refractivity contribution < 1.29 is 4.79 Å². The fraction of sp³-hybridized carbons (Fsp3) is 0.286. The Labute approximate surface area is 125 Å². The van der Waals surface area contributed by atoms with Gasteiger partial charge in [-0.3, -0.25) is 4.79 Å². The molecule has 0 atom stereocenters. The zero-order valence-electron chi connectivity index (χ0n) is 11.0. The summed E-state index contributed by atoms with van der Waals surface area (Å²) in [7, 11) is 0. The lowest BCUT2D eigenvalue weighted by molar-refractivity contribution is -0.114. The number of halogens is 1. The zero-order valence-corrected chi connectivity index (χ0v) is 13.4. The Morgan fingerprint density at radius 2 is 1.95 bits per heavy atom. The maximum Gasteiger partial charge on any atom is 0.223 e. The van der Waals surface area contributed by atoms with E-state index in [1.165, 1.54) is 23.8 Å². The third kappa shape index (κ3) is 3.22. The number of carbonyl (C=O) groups excluding carboxylic acids is 1. The minimum Gasteiger partial charge on any atom is -0.302 e. The molecule has 0 aliphatic carbocycles. The van der Waals surface area contributed by atoms with Gasteiger partial charge >= 0.3 is 0 Å². The van der Waals surface area contributed by atoms with Crippen LogP contribution in [0.1, 0.15) is 32.0 Å². The summed E-state index contributed by atoms with van der Waals surface area (Å²) in [4.78, 5) is 15.5. The van der Waals surface area contributed by atoms with Crippen molar-refractivity contribution in [3.63, 3.8) is 0 Å². The molecule has 0 fully saturated rings. The van der Waals surface area contributed by atoms with E-state index in [0.717, 1.165) is 10.2 Å². The van der Waals surface area contributed by atoms with E-state index in [4.69, 9.17) is 0 Å². The van der Waals surface area contributed by atoms with Crippen molar-refractivity contribution in [2.45, 2.75) is 26.2 Å². The number of hydrogen-bond donors (Lipinski definition) is 1. The first kappa shape index (κ1) is 14.2. The Hall–Kier alpha value is -1.20. The van der Waals surface area contributed by atoms with Crippen LogP contribution in [0.3, 0.4) is 0 Å². The number of nitrogens with one attached hydrogen (secondary N) is 1. The summed E-state index contributed by atoms with van der Waals surface area (Å²) in [6.07, 6.45) is 0. The van der Waals surface area contributed by atoms with E-state index < -0.39 is 0 Å². The molecule has 19 heavy (non-hydrogen) atoms. The van der Waals surface area contributed by atoms with Gasteiger partial charge in [-0.15, -0.1) is 11.3 Å². The lowest BCUT2D eigenvalue weighted by Gasteiger charge is -2.23. The molecule has 0 radical (unpaired) electrons. The average Bonchev–Trinajstić information content (AvgIpc) is 2.78. The summed E-state index contributed by atoms with van der Waals surface area (Å²) in [5, 5.41) is 5.36. The summed E-state index contributed by atoms with van der Waals surface area (Å²) in [6.45, 7) is 5.74. The highest BCUT2D eigenvalue weighted by molar-refractivity contribution is 9.10. The second-order valence-electron chi connectivity index (χ2n) is 4.85. The quantitative estimate of drug-likeness (QED) is 0.911. The smallest absolute Gasteiger partial charge is 0.223 e. The van der Waals surface area contributed by atoms with Gasteiger partial charge in [0.05, 0.1) is 5.69 Å². The van der Waals surface area contributed by atoms with Crippen molar-refractivity contribution in [3.8, 4) is 0 Å². The maximum atomic E-state index is 11.0. The molecule has 0 saturated heterocycles. The van der Waals surface area contributed by atoms with E-state index in [1.807, 2.05) is 17.5 Å². The van der Waals surface area contributed by atoms with E-state index in [9.17, 15) is 4.79 Å². The van der Waals surface area contributed by atoms with Crippen LogP contribution >= 0.6 is 27.3 Å². The van der Waals surface area contributed by atoms with E-state index in [-0.39, 0.29) is 11.3 Å². The molecule has 0 unspecified atom stereocenters. The molecule has 1 N–H and O–H groups in total. The van der Waals surface area contributed by atoms with Gasteiger partial charge in [0.25, 0.3) is 0 Å². The van der Waals surface area contributed by atoms with E-state index in [0.29, 0.717) is 5.13 Å². The summed E-state index contributed by atoms with van der Waals surface area (Å²) in [5.74, 6) is -0.0950. The first-order valence-electron chi connectivity index (χ1n) is 5.89. The summed E-state index contributed by atoms with van der Waals surface area (Å²) < 4.78 is 1.06. The number of rotatable bonds is 3. The van der Waals surface area contributed by atoms with Crippen LogP contribution in [-0.2, 0) is 10.2 Å². The first-order chi connectivity index (χ1) is 8.89. The second kappa shape index (κ2) is 5.43. The van der Waals surface area contributed by atoms with Crippen LogP contribution in [-0.4, -0.2) is 10.9 Å². The number of thiazole rings is 1. The maximum absolute atomic E-state index is 11.0. The predicted octanol–water partition coefficient (Wildman–Crippen LogP) is 4.19. The minimum atomic E-state index is -0.187. The van der Waals surface area contributed by atoms with E-state index in [1.54, 1.807) is 0 Å². The fourth-order valence-electron chi connectivity index (χ4n) is 1.78. The Morgan fingerprint density at radius 3 is 2.53 bits per heavy atom. The van der Waals surface area contributed by atoms with Gasteiger partial charge in [-0.25, -0.2) is 4.98 Å². The van der Waals surface area contributed by atoms with Crippen LogP contribution in [0.5, 0.6) is 0 Å². The number of amides is 1. The van der Waals surface area contributed by atoms with Gasteiger partial charge in [-0.1, -0.05) is 41.9 Å². The van der Waals surface area contributed by atoms with Crippen molar-refractivity contribution in [1.29, 1.82) is 0 Å². The van der Waals surface area contributed by atoms with Crippen molar-refractivity contribution in [2.75, 3.05) is 5.32 Å². The van der Waals surface area contributed by atoms with Gasteiger partial charge in [0.15, 0.2) is 5.13 Å². The second-order valence-corrected chi connectivity index (χ2v) is 6.62. The normalized spacial score (nSPS) is 11.4. The molecule has 0 aliphatic heterocycles. The van der Waals surface area contributed by atoms with E-state index in [2.05, 4.69) is 52.2 Å². The Morgan fingerprint density at radius 1 is 1.32 bits per heavy atom. The van der Waals surface area contributed by atoms with Gasteiger partial charge in [0.2, 0.25) is 5.91 Å². The minimum absolute atomic E-state index is 0.0950. The molecule has 1 heterocycles. The number of carbonyl (C=O) groups is 1. The SMILES string of the molecule is CC(=O)Nc1nc(C(C)(C)c2ccc(Br)cc2)cs1. The molecule has 0 saturated carbocycles. The lowest BCUT2D eigenvalue weighted by Crippen LogP contribution is -2.19. The molecule has 1 aromatic carbocycles.